The van der Waals surface area contributed by atoms with Crippen molar-refractivity contribution in [3.05, 3.63) is 48.5 Å². The Morgan fingerprint density at radius 2 is 1.83 bits per heavy atom. The van der Waals surface area contributed by atoms with Crippen molar-refractivity contribution in [2.24, 2.45) is 5.92 Å². The van der Waals surface area contributed by atoms with Gasteiger partial charge in [-0.25, -0.2) is 0 Å². The molecule has 0 spiro atoms. The summed E-state index contributed by atoms with van der Waals surface area (Å²) in [5.74, 6) is 1.55. The third kappa shape index (κ3) is 4.21. The molecule has 0 bridgehead atoms. The largest absolute Gasteiger partial charge is 0.490 e. The van der Waals surface area contributed by atoms with Gasteiger partial charge in [-0.15, -0.1) is 10.2 Å². The summed E-state index contributed by atoms with van der Waals surface area (Å²) in [6.45, 7) is 5.10. The molecule has 0 saturated heterocycles. The number of hydrogen-bond donors (Lipinski definition) is 1. The third-order valence-corrected chi connectivity index (χ3v) is 4.62. The van der Waals surface area contributed by atoms with E-state index in [9.17, 15) is 4.79 Å². The molecule has 0 aliphatic carbocycles. The van der Waals surface area contributed by atoms with Gasteiger partial charge in [0.25, 0.3) is 5.91 Å². The molecular weight excluding hydrogens is 370 g/mol. The smallest absolute Gasteiger partial charge is 0.251 e. The Labute approximate surface area is 168 Å². The zero-order chi connectivity index (χ0) is 20.2. The zero-order valence-electron chi connectivity index (χ0n) is 16.4. The lowest BCUT2D eigenvalue weighted by molar-refractivity contribution is -0.121. The second kappa shape index (κ2) is 8.30. The van der Waals surface area contributed by atoms with E-state index in [-0.39, 0.29) is 11.8 Å². The molecule has 3 aromatic rings. The van der Waals surface area contributed by atoms with Crippen molar-refractivity contribution < 1.29 is 14.3 Å². The number of nitrogens with one attached hydrogen (secondary N) is 1. The number of carbonyl (C=O) groups excluding carboxylic acids is 1. The lowest BCUT2D eigenvalue weighted by Crippen LogP contribution is -2.31. The summed E-state index contributed by atoms with van der Waals surface area (Å²) in [6.07, 6.45) is 0.827. The van der Waals surface area contributed by atoms with E-state index in [1.165, 1.54) is 4.80 Å². The molecule has 8 nitrogen and oxygen atoms in total. The van der Waals surface area contributed by atoms with Crippen LogP contribution in [0.5, 0.6) is 11.5 Å². The fraction of sp³-hybridized carbons (Fsp3) is 0.333. The molecular formula is C21H23N5O3. The van der Waals surface area contributed by atoms with Crippen molar-refractivity contribution in [1.29, 1.82) is 0 Å². The quantitative estimate of drug-likeness (QED) is 0.715. The highest BCUT2D eigenvalue weighted by Crippen LogP contribution is 2.32. The molecule has 8 heteroatoms. The van der Waals surface area contributed by atoms with Gasteiger partial charge < -0.3 is 14.8 Å². The zero-order valence-corrected chi connectivity index (χ0v) is 16.4. The second-order valence-corrected chi connectivity index (χ2v) is 7.19. The van der Waals surface area contributed by atoms with E-state index in [1.54, 1.807) is 12.1 Å². The molecule has 1 aliphatic rings. The van der Waals surface area contributed by atoms with Gasteiger partial charge in [-0.2, -0.15) is 4.80 Å². The van der Waals surface area contributed by atoms with Crippen LogP contribution in [-0.4, -0.2) is 39.3 Å². The molecule has 1 N–H and O–H groups in total. The van der Waals surface area contributed by atoms with Gasteiger partial charge in [-0.1, -0.05) is 44.2 Å². The predicted octanol–water partition coefficient (Wildman–Crippen LogP) is 3.34. The molecule has 150 valence electrons. The monoisotopic (exact) mass is 393 g/mol. The Bertz CT molecular complexity index is 987. The molecule has 2 heterocycles. The predicted molar refractivity (Wildman–Crippen MR) is 108 cm³/mol. The van der Waals surface area contributed by atoms with Gasteiger partial charge >= 0.3 is 0 Å². The number of fused-ring (bicyclic) bond motifs is 1. The summed E-state index contributed by atoms with van der Waals surface area (Å²) in [4.78, 5) is 14.4. The van der Waals surface area contributed by atoms with E-state index in [0.29, 0.717) is 36.2 Å². The van der Waals surface area contributed by atoms with E-state index < -0.39 is 6.04 Å². The van der Waals surface area contributed by atoms with Gasteiger partial charge in [0.2, 0.25) is 5.82 Å². The molecule has 1 atom stereocenters. The third-order valence-electron chi connectivity index (χ3n) is 4.62. The van der Waals surface area contributed by atoms with Crippen molar-refractivity contribution in [2.45, 2.75) is 26.3 Å². The van der Waals surface area contributed by atoms with Crippen LogP contribution in [-0.2, 0) is 4.79 Å². The Balaban J connectivity index is 1.54. The summed E-state index contributed by atoms with van der Waals surface area (Å²) < 4.78 is 11.3. The molecule has 0 saturated carbocycles. The van der Waals surface area contributed by atoms with Crippen LogP contribution >= 0.6 is 0 Å². The Kier molecular flexibility index (Phi) is 5.41. The van der Waals surface area contributed by atoms with Crippen LogP contribution in [0, 0.1) is 5.92 Å². The average molecular weight is 393 g/mol. The highest BCUT2D eigenvalue weighted by atomic mass is 16.5. The summed E-state index contributed by atoms with van der Waals surface area (Å²) in [6, 6.07) is 14.3. The highest BCUT2D eigenvalue weighted by molar-refractivity contribution is 5.94. The number of amides is 1. The number of benzene rings is 2. The lowest BCUT2D eigenvalue weighted by atomic mass is 10.0. The molecule has 1 aliphatic heterocycles. The minimum absolute atomic E-state index is 0.0340. The Hall–Kier alpha value is -3.42. The van der Waals surface area contributed by atoms with Crippen LogP contribution in [0.25, 0.3) is 11.4 Å². The van der Waals surface area contributed by atoms with Crippen LogP contribution in [0.15, 0.2) is 48.5 Å². The fourth-order valence-electron chi connectivity index (χ4n) is 3.18. The van der Waals surface area contributed by atoms with Crippen LogP contribution < -0.4 is 14.8 Å². The van der Waals surface area contributed by atoms with E-state index >= 15 is 0 Å². The molecule has 2 aromatic carbocycles. The van der Waals surface area contributed by atoms with Crippen molar-refractivity contribution in [1.82, 2.24) is 20.2 Å². The average Bonchev–Trinajstić information content (AvgIpc) is 3.06. The van der Waals surface area contributed by atoms with Gasteiger partial charge in [0, 0.05) is 23.7 Å². The lowest BCUT2D eigenvalue weighted by Gasteiger charge is -2.19. The molecule has 0 fully saturated rings. The van der Waals surface area contributed by atoms with E-state index in [1.807, 2.05) is 50.2 Å². The number of tetrazole rings is 1. The van der Waals surface area contributed by atoms with Crippen LogP contribution in [0.1, 0.15) is 26.3 Å². The van der Waals surface area contributed by atoms with Crippen molar-refractivity contribution in [3.63, 3.8) is 0 Å². The number of rotatable bonds is 5. The normalized spacial score (nSPS) is 14.3. The number of nitrogens with zero attached hydrogens (tertiary/aromatic N) is 4. The van der Waals surface area contributed by atoms with Gasteiger partial charge in [-0.3, -0.25) is 4.79 Å². The Morgan fingerprint density at radius 1 is 1.07 bits per heavy atom. The number of ether oxygens (including phenoxy) is 2. The van der Waals surface area contributed by atoms with E-state index in [0.717, 1.165) is 12.0 Å². The number of aromatic nitrogens is 4. The highest BCUT2D eigenvalue weighted by Gasteiger charge is 2.27. The molecule has 0 unspecified atom stereocenters. The maximum Gasteiger partial charge on any atom is 0.251 e. The van der Waals surface area contributed by atoms with Gasteiger partial charge in [-0.05, 0) is 23.3 Å². The maximum atomic E-state index is 13.0. The molecule has 0 radical (unpaired) electrons. The standard InChI is InChI=1S/C21H23N5O3/c1-14(2)19(26-24-20(23-25-26)15-7-4-3-5-8-15)21(27)22-16-9-10-17-18(13-16)29-12-6-11-28-17/h3-5,7-10,13-14,19H,6,11-12H2,1-2H3,(H,22,27)/t19-/m1/s1. The molecule has 29 heavy (non-hydrogen) atoms. The minimum Gasteiger partial charge on any atom is -0.490 e. The number of hydrogen-bond acceptors (Lipinski definition) is 6. The number of anilines is 1. The topological polar surface area (TPSA) is 91.2 Å². The van der Waals surface area contributed by atoms with Crippen LogP contribution in [0.4, 0.5) is 5.69 Å². The summed E-state index contributed by atoms with van der Waals surface area (Å²) >= 11 is 0. The second-order valence-electron chi connectivity index (χ2n) is 7.19. The summed E-state index contributed by atoms with van der Waals surface area (Å²) in [7, 11) is 0. The van der Waals surface area contributed by atoms with Crippen LogP contribution in [0.2, 0.25) is 0 Å². The molecule has 1 aromatic heterocycles. The summed E-state index contributed by atoms with van der Waals surface area (Å²) in [5, 5.41) is 15.6. The summed E-state index contributed by atoms with van der Waals surface area (Å²) in [5.41, 5.74) is 1.48. The van der Waals surface area contributed by atoms with E-state index in [4.69, 9.17) is 9.47 Å². The minimum atomic E-state index is -0.601. The molecule has 4 rings (SSSR count). The molecule has 1 amide bonds. The van der Waals surface area contributed by atoms with Gasteiger partial charge in [0.1, 0.15) is 0 Å². The first-order valence-corrected chi connectivity index (χ1v) is 9.67. The Morgan fingerprint density at radius 3 is 2.59 bits per heavy atom. The SMILES string of the molecule is CC(C)[C@H](C(=O)Nc1ccc2c(c1)OCCCO2)n1nnc(-c2ccccc2)n1. The van der Waals surface area contributed by atoms with Crippen molar-refractivity contribution >= 4 is 11.6 Å². The van der Waals surface area contributed by atoms with E-state index in [2.05, 4.69) is 20.7 Å². The van der Waals surface area contributed by atoms with Crippen molar-refractivity contribution in [3.8, 4) is 22.9 Å². The van der Waals surface area contributed by atoms with Gasteiger partial charge in [0.05, 0.1) is 13.2 Å². The first kappa shape index (κ1) is 18.9. The van der Waals surface area contributed by atoms with Crippen molar-refractivity contribution in [2.75, 3.05) is 18.5 Å². The fourth-order valence-corrected chi connectivity index (χ4v) is 3.18. The first-order chi connectivity index (χ1) is 14.1. The number of carbonyl (C=O) groups is 1. The van der Waals surface area contributed by atoms with Crippen LogP contribution in [0.3, 0.4) is 0 Å². The maximum absolute atomic E-state index is 13.0. The first-order valence-electron chi connectivity index (χ1n) is 9.67. The van der Waals surface area contributed by atoms with Gasteiger partial charge in [0.15, 0.2) is 17.5 Å².